The maximum absolute atomic E-state index is 14.4. The Morgan fingerprint density at radius 2 is 1.56 bits per heavy atom. The molecule has 11 atom stereocenters. The predicted molar refractivity (Wildman–Crippen MR) is 164 cm³/mol. The van der Waals surface area contributed by atoms with E-state index in [1.807, 2.05) is 13.8 Å². The first-order valence-corrected chi connectivity index (χ1v) is 16.7. The molecule has 0 heterocycles. The molecule has 0 radical (unpaired) electrons. The average Bonchev–Trinajstić information content (AvgIpc) is 3.30. The highest BCUT2D eigenvalue weighted by Crippen LogP contribution is 2.77. The van der Waals surface area contributed by atoms with Gasteiger partial charge >= 0.3 is 5.97 Å². The van der Waals surface area contributed by atoms with E-state index in [9.17, 15) is 14.7 Å². The Labute approximate surface area is 250 Å². The molecule has 5 nitrogen and oxygen atoms in total. The van der Waals surface area contributed by atoms with Crippen molar-refractivity contribution >= 4 is 11.9 Å². The number of allylic oxidation sites excluding steroid dienone is 1. The summed E-state index contributed by atoms with van der Waals surface area (Å²) in [6, 6.07) is -0.617. The first kappa shape index (κ1) is 31.1. The van der Waals surface area contributed by atoms with Crippen molar-refractivity contribution in [2.24, 2.45) is 62.6 Å². The van der Waals surface area contributed by atoms with E-state index in [0.717, 1.165) is 44.9 Å². The Balaban J connectivity index is 1.52. The molecule has 5 aliphatic rings. The van der Waals surface area contributed by atoms with Gasteiger partial charge in [0.05, 0.1) is 18.6 Å². The van der Waals surface area contributed by atoms with E-state index in [2.05, 4.69) is 53.4 Å². The molecule has 232 valence electrons. The van der Waals surface area contributed by atoms with Crippen molar-refractivity contribution in [2.45, 2.75) is 132 Å². The number of aliphatic hydroxyl groups is 1. The van der Waals surface area contributed by atoms with Crippen LogP contribution < -0.4 is 5.32 Å². The highest BCUT2D eigenvalue weighted by Gasteiger charge is 2.72. The van der Waals surface area contributed by atoms with Crippen LogP contribution in [0.5, 0.6) is 0 Å². The average molecular weight is 570 g/mol. The zero-order valence-corrected chi connectivity index (χ0v) is 27.6. The number of esters is 1. The lowest BCUT2D eigenvalue weighted by molar-refractivity contribution is -0.246. The van der Waals surface area contributed by atoms with Crippen molar-refractivity contribution in [3.63, 3.8) is 0 Å². The van der Waals surface area contributed by atoms with Crippen LogP contribution in [0.4, 0.5) is 0 Å². The van der Waals surface area contributed by atoms with Gasteiger partial charge in [-0.05, 0) is 128 Å². The van der Waals surface area contributed by atoms with Gasteiger partial charge in [0.25, 0.3) is 0 Å². The van der Waals surface area contributed by atoms with Gasteiger partial charge in [-0.2, -0.15) is 0 Å². The molecule has 0 bridgehead atoms. The van der Waals surface area contributed by atoms with Gasteiger partial charge in [0, 0.05) is 0 Å². The van der Waals surface area contributed by atoms with Crippen molar-refractivity contribution in [1.29, 1.82) is 0 Å². The van der Waals surface area contributed by atoms with Gasteiger partial charge in [-0.1, -0.05) is 60.6 Å². The number of hydrogen-bond donors (Lipinski definition) is 2. The molecular formula is C36H59NO4. The van der Waals surface area contributed by atoms with Crippen molar-refractivity contribution in [2.75, 3.05) is 7.11 Å². The molecule has 0 aromatic rings. The number of methoxy groups -OCH3 is 1. The minimum atomic E-state index is -0.617. The largest absolute Gasteiger partial charge is 0.467 e. The van der Waals surface area contributed by atoms with E-state index in [1.54, 1.807) is 0 Å². The maximum atomic E-state index is 14.4. The second-order valence-corrected chi connectivity index (χ2v) is 16.9. The summed E-state index contributed by atoms with van der Waals surface area (Å²) in [7, 11) is 1.41. The third-order valence-corrected chi connectivity index (χ3v) is 14.9. The molecule has 5 heteroatoms. The van der Waals surface area contributed by atoms with Crippen LogP contribution in [0, 0.1) is 62.6 Å². The number of fused-ring (bicyclic) bond motifs is 7. The molecule has 0 aromatic carbocycles. The summed E-state index contributed by atoms with van der Waals surface area (Å²) in [6.07, 6.45) is 10.4. The maximum Gasteiger partial charge on any atom is 0.328 e. The minimum Gasteiger partial charge on any atom is -0.467 e. The molecule has 5 fully saturated rings. The number of amides is 1. The molecule has 1 amide bonds. The highest BCUT2D eigenvalue weighted by atomic mass is 16.5. The van der Waals surface area contributed by atoms with Crippen LogP contribution in [0.15, 0.2) is 12.2 Å². The van der Waals surface area contributed by atoms with Crippen LogP contribution in [0.1, 0.15) is 120 Å². The minimum absolute atomic E-state index is 0.0306. The van der Waals surface area contributed by atoms with Crippen molar-refractivity contribution in [3.8, 4) is 0 Å². The lowest BCUT2D eigenvalue weighted by Crippen LogP contribution is -2.67. The Morgan fingerprint density at radius 1 is 0.878 bits per heavy atom. The van der Waals surface area contributed by atoms with Crippen LogP contribution in [0.2, 0.25) is 0 Å². The summed E-state index contributed by atoms with van der Waals surface area (Å²) in [6.45, 7) is 23.0. The topological polar surface area (TPSA) is 75.6 Å². The summed E-state index contributed by atoms with van der Waals surface area (Å²) in [5.41, 5.74) is 1.32. The molecule has 41 heavy (non-hydrogen) atoms. The fourth-order valence-corrected chi connectivity index (χ4v) is 12.4. The van der Waals surface area contributed by atoms with Gasteiger partial charge in [0.2, 0.25) is 5.91 Å². The van der Waals surface area contributed by atoms with Gasteiger partial charge in [0.1, 0.15) is 6.04 Å². The summed E-state index contributed by atoms with van der Waals surface area (Å²) in [5.74, 6) is 1.94. The van der Waals surface area contributed by atoms with E-state index in [-0.39, 0.29) is 51.5 Å². The van der Waals surface area contributed by atoms with Gasteiger partial charge in [-0.15, -0.1) is 0 Å². The molecule has 5 aliphatic carbocycles. The number of ether oxygens (including phenoxy) is 1. The molecule has 0 spiro atoms. The zero-order valence-electron chi connectivity index (χ0n) is 27.6. The van der Waals surface area contributed by atoms with Crippen LogP contribution in [0.25, 0.3) is 0 Å². The van der Waals surface area contributed by atoms with Gasteiger partial charge in [0.15, 0.2) is 0 Å². The lowest BCUT2D eigenvalue weighted by Gasteiger charge is -2.72. The molecule has 2 N–H and O–H groups in total. The standard InChI is InChI=1S/C36H59NO4/c1-21(2)23-13-18-36(31(40)37-29(22(3)4)30(39)41-10)20-19-34(8)24(28(23)36)11-12-26-33(7)16-15-27(38)32(5,6)25(33)14-17-35(26,34)9/h22-29,38H,1,11-20H2,2-10H3,(H,37,40)/t23-,24+,25-,26+,27-,28+,29-,33-,34+,35+,36-/m0/s1. The van der Waals surface area contributed by atoms with E-state index in [0.29, 0.717) is 23.7 Å². The third kappa shape index (κ3) is 4.16. The van der Waals surface area contributed by atoms with Gasteiger partial charge in [-0.25, -0.2) is 4.79 Å². The fraction of sp³-hybridized carbons (Fsp3) is 0.889. The van der Waals surface area contributed by atoms with Crippen LogP contribution in [0.3, 0.4) is 0 Å². The molecule has 5 saturated carbocycles. The van der Waals surface area contributed by atoms with E-state index in [4.69, 9.17) is 4.74 Å². The van der Waals surface area contributed by atoms with E-state index < -0.39 is 11.5 Å². The SMILES string of the molecule is C=C(C)[C@@H]1CC[C@]2(C(=O)N[C@H](C(=O)OC)C(C)C)CC[C@]3(C)[C@H](CC[C@@H]4[C@@]5(C)CC[C@H](O)C(C)(C)[C@@H]5CC[C@]43C)[C@@H]12. The Bertz CT molecular complexity index is 1080. The highest BCUT2D eigenvalue weighted by molar-refractivity contribution is 5.89. The summed E-state index contributed by atoms with van der Waals surface area (Å²) < 4.78 is 5.10. The quantitative estimate of drug-likeness (QED) is 0.269. The van der Waals surface area contributed by atoms with E-state index >= 15 is 0 Å². The molecule has 0 unspecified atom stereocenters. The summed E-state index contributed by atoms with van der Waals surface area (Å²) >= 11 is 0. The second kappa shape index (κ2) is 10.1. The Kier molecular flexibility index (Phi) is 7.65. The smallest absolute Gasteiger partial charge is 0.328 e. The first-order chi connectivity index (χ1) is 19.0. The Morgan fingerprint density at radius 3 is 2.17 bits per heavy atom. The third-order valence-electron chi connectivity index (χ3n) is 14.9. The number of nitrogens with one attached hydrogen (secondary N) is 1. The lowest BCUT2D eigenvalue weighted by atomic mass is 9.32. The van der Waals surface area contributed by atoms with Crippen molar-refractivity contribution < 1.29 is 19.4 Å². The Hall–Kier alpha value is -1.36. The monoisotopic (exact) mass is 569 g/mol. The molecular weight excluding hydrogens is 510 g/mol. The molecule has 5 rings (SSSR count). The van der Waals surface area contributed by atoms with Crippen molar-refractivity contribution in [1.82, 2.24) is 5.32 Å². The fourth-order valence-electron chi connectivity index (χ4n) is 12.4. The van der Waals surface area contributed by atoms with E-state index in [1.165, 1.54) is 31.9 Å². The first-order valence-electron chi connectivity index (χ1n) is 16.7. The van der Waals surface area contributed by atoms with Crippen LogP contribution in [-0.4, -0.2) is 36.2 Å². The van der Waals surface area contributed by atoms with Crippen LogP contribution in [-0.2, 0) is 14.3 Å². The zero-order chi connectivity index (χ0) is 30.3. The molecule has 0 aliphatic heterocycles. The molecule has 0 saturated heterocycles. The summed E-state index contributed by atoms with van der Waals surface area (Å²) in [4.78, 5) is 27.1. The number of carbonyl (C=O) groups is 2. The normalized spacial score (nSPS) is 47.3. The number of carbonyl (C=O) groups excluding carboxylic acids is 2. The predicted octanol–water partition coefficient (Wildman–Crippen LogP) is 7.32. The number of rotatable bonds is 5. The van der Waals surface area contributed by atoms with Crippen molar-refractivity contribution in [3.05, 3.63) is 12.2 Å². The number of aliphatic hydroxyl groups excluding tert-OH is 1. The van der Waals surface area contributed by atoms with Crippen LogP contribution >= 0.6 is 0 Å². The second-order valence-electron chi connectivity index (χ2n) is 16.9. The van der Waals surface area contributed by atoms with Gasteiger partial charge < -0.3 is 15.2 Å². The van der Waals surface area contributed by atoms with Gasteiger partial charge in [-0.3, -0.25) is 4.79 Å². The molecule has 0 aromatic heterocycles. The summed E-state index contributed by atoms with van der Waals surface area (Å²) in [5, 5.41) is 14.2. The number of hydrogen-bond acceptors (Lipinski definition) is 4.